The van der Waals surface area contributed by atoms with E-state index in [9.17, 15) is 0 Å². The van der Waals surface area contributed by atoms with Crippen LogP contribution in [0.2, 0.25) is 5.02 Å². The number of pyridine rings is 1. The molecule has 0 radical (unpaired) electrons. The fourth-order valence-corrected chi connectivity index (χ4v) is 1.96. The number of aliphatic hydroxyl groups is 1. The summed E-state index contributed by atoms with van der Waals surface area (Å²) in [6.45, 7) is 3.98. The maximum absolute atomic E-state index is 9.14. The van der Waals surface area contributed by atoms with E-state index < -0.39 is 0 Å². The highest BCUT2D eigenvalue weighted by atomic mass is 35.5. The molecule has 2 rings (SSSR count). The van der Waals surface area contributed by atoms with Gasteiger partial charge >= 0.3 is 0 Å². The number of aromatic nitrogens is 1. The fourth-order valence-electron chi connectivity index (χ4n) is 1.80. The molecule has 0 aromatic carbocycles. The van der Waals surface area contributed by atoms with Gasteiger partial charge in [0.1, 0.15) is 5.82 Å². The average Bonchev–Trinajstić information content (AvgIpc) is 2.31. The number of halogens is 1. The largest absolute Gasteiger partial charge is 0.392 e. The Morgan fingerprint density at radius 2 is 2.06 bits per heavy atom. The Morgan fingerprint density at radius 1 is 1.38 bits per heavy atom. The summed E-state index contributed by atoms with van der Waals surface area (Å²) >= 11 is 5.91. The molecule has 0 spiro atoms. The van der Waals surface area contributed by atoms with Crippen LogP contribution in [-0.2, 0) is 6.61 Å². The lowest BCUT2D eigenvalue weighted by atomic mass is 10.2. The fraction of sp³-hybridized carbons (Fsp3) is 0.545. The van der Waals surface area contributed by atoms with Gasteiger partial charge < -0.3 is 14.9 Å². The highest BCUT2D eigenvalue weighted by Gasteiger charge is 2.16. The summed E-state index contributed by atoms with van der Waals surface area (Å²) in [4.78, 5) is 8.81. The minimum atomic E-state index is -0.0396. The lowest BCUT2D eigenvalue weighted by Gasteiger charge is -2.33. The smallest absolute Gasteiger partial charge is 0.129 e. The summed E-state index contributed by atoms with van der Waals surface area (Å²) in [5, 5.41) is 9.67. The zero-order chi connectivity index (χ0) is 11.5. The topological polar surface area (TPSA) is 39.6 Å². The molecule has 0 amide bonds. The summed E-state index contributed by atoms with van der Waals surface area (Å²) in [5.74, 6) is 0.904. The second kappa shape index (κ2) is 4.99. The van der Waals surface area contributed by atoms with Gasteiger partial charge in [-0.25, -0.2) is 4.98 Å². The van der Waals surface area contributed by atoms with Crippen LogP contribution in [0.3, 0.4) is 0 Å². The first kappa shape index (κ1) is 11.6. The predicted octanol–water partition coefficient (Wildman–Crippen LogP) is 0.979. The molecule has 1 aliphatic rings. The van der Waals surface area contributed by atoms with Gasteiger partial charge in [-0.05, 0) is 13.1 Å². The Morgan fingerprint density at radius 3 is 2.69 bits per heavy atom. The van der Waals surface area contributed by atoms with Crippen LogP contribution in [0.4, 0.5) is 5.82 Å². The number of piperazine rings is 1. The SMILES string of the molecule is CN1CCN(c2cc(CO)c(Cl)cn2)CC1. The van der Waals surface area contributed by atoms with Gasteiger partial charge in [-0.2, -0.15) is 0 Å². The van der Waals surface area contributed by atoms with E-state index in [1.807, 2.05) is 6.07 Å². The van der Waals surface area contributed by atoms with Crippen molar-refractivity contribution in [2.24, 2.45) is 0 Å². The van der Waals surface area contributed by atoms with E-state index in [-0.39, 0.29) is 6.61 Å². The average molecular weight is 242 g/mol. The van der Waals surface area contributed by atoms with Crippen molar-refractivity contribution in [3.05, 3.63) is 22.8 Å². The number of nitrogens with zero attached hydrogens (tertiary/aromatic N) is 3. The first-order chi connectivity index (χ1) is 7.70. The zero-order valence-corrected chi connectivity index (χ0v) is 10.1. The third-order valence-corrected chi connectivity index (χ3v) is 3.26. The molecule has 0 aliphatic carbocycles. The van der Waals surface area contributed by atoms with E-state index >= 15 is 0 Å². The quantitative estimate of drug-likeness (QED) is 0.838. The third-order valence-electron chi connectivity index (χ3n) is 2.92. The number of hydrogen-bond acceptors (Lipinski definition) is 4. The summed E-state index contributed by atoms with van der Waals surface area (Å²) in [7, 11) is 2.12. The number of aliphatic hydroxyl groups excluding tert-OH is 1. The molecule has 5 heteroatoms. The lowest BCUT2D eigenvalue weighted by molar-refractivity contribution is 0.281. The number of anilines is 1. The van der Waals surface area contributed by atoms with Gasteiger partial charge in [-0.1, -0.05) is 11.6 Å². The second-order valence-electron chi connectivity index (χ2n) is 4.08. The van der Waals surface area contributed by atoms with Crippen molar-refractivity contribution >= 4 is 17.4 Å². The molecule has 0 atom stereocenters. The molecule has 16 heavy (non-hydrogen) atoms. The van der Waals surface area contributed by atoms with Crippen molar-refractivity contribution in [1.29, 1.82) is 0 Å². The van der Waals surface area contributed by atoms with E-state index in [0.29, 0.717) is 5.02 Å². The molecule has 4 nitrogen and oxygen atoms in total. The molecule has 1 N–H and O–H groups in total. The monoisotopic (exact) mass is 241 g/mol. The molecule has 0 unspecified atom stereocenters. The Balaban J connectivity index is 2.14. The minimum Gasteiger partial charge on any atom is -0.392 e. The highest BCUT2D eigenvalue weighted by Crippen LogP contribution is 2.21. The molecular weight excluding hydrogens is 226 g/mol. The molecule has 1 aliphatic heterocycles. The van der Waals surface area contributed by atoms with Gasteiger partial charge in [-0.3, -0.25) is 0 Å². The van der Waals surface area contributed by atoms with Crippen LogP contribution in [0.1, 0.15) is 5.56 Å². The van der Waals surface area contributed by atoms with E-state index in [1.54, 1.807) is 6.20 Å². The maximum Gasteiger partial charge on any atom is 0.129 e. The highest BCUT2D eigenvalue weighted by molar-refractivity contribution is 6.31. The Bertz CT molecular complexity index is 364. The lowest BCUT2D eigenvalue weighted by Crippen LogP contribution is -2.44. The first-order valence-electron chi connectivity index (χ1n) is 5.39. The van der Waals surface area contributed by atoms with E-state index in [0.717, 1.165) is 37.6 Å². The van der Waals surface area contributed by atoms with Crippen LogP contribution in [0.5, 0.6) is 0 Å². The minimum absolute atomic E-state index is 0.0396. The van der Waals surface area contributed by atoms with Crippen LogP contribution < -0.4 is 4.90 Å². The third kappa shape index (κ3) is 2.45. The Labute approximate surface area is 100 Å². The molecule has 1 saturated heterocycles. The maximum atomic E-state index is 9.14. The van der Waals surface area contributed by atoms with Crippen LogP contribution in [0.15, 0.2) is 12.3 Å². The van der Waals surface area contributed by atoms with Crippen molar-refractivity contribution in [3.63, 3.8) is 0 Å². The molecule has 1 aromatic heterocycles. The van der Waals surface area contributed by atoms with Gasteiger partial charge in [0.2, 0.25) is 0 Å². The van der Waals surface area contributed by atoms with Crippen LogP contribution in [0, 0.1) is 0 Å². The van der Waals surface area contributed by atoms with Gasteiger partial charge in [0.15, 0.2) is 0 Å². The molecule has 1 aromatic rings. The van der Waals surface area contributed by atoms with Crippen LogP contribution in [0.25, 0.3) is 0 Å². The number of rotatable bonds is 2. The van der Waals surface area contributed by atoms with E-state index in [4.69, 9.17) is 16.7 Å². The Hall–Kier alpha value is -0.840. The van der Waals surface area contributed by atoms with Gasteiger partial charge in [0.25, 0.3) is 0 Å². The zero-order valence-electron chi connectivity index (χ0n) is 9.36. The normalized spacial score (nSPS) is 17.8. The molecular formula is C11H16ClN3O. The number of hydrogen-bond donors (Lipinski definition) is 1. The molecule has 0 saturated carbocycles. The summed E-state index contributed by atoms with van der Waals surface area (Å²) in [6, 6.07) is 1.87. The van der Waals surface area contributed by atoms with E-state index in [2.05, 4.69) is 21.8 Å². The summed E-state index contributed by atoms with van der Waals surface area (Å²) in [6.07, 6.45) is 1.61. The number of likely N-dealkylation sites (N-methyl/N-ethyl adjacent to an activating group) is 1. The van der Waals surface area contributed by atoms with Crippen molar-refractivity contribution in [1.82, 2.24) is 9.88 Å². The van der Waals surface area contributed by atoms with Gasteiger partial charge in [0.05, 0.1) is 11.6 Å². The molecule has 0 bridgehead atoms. The van der Waals surface area contributed by atoms with Crippen molar-refractivity contribution in [2.45, 2.75) is 6.61 Å². The predicted molar refractivity (Wildman–Crippen MR) is 64.9 cm³/mol. The van der Waals surface area contributed by atoms with Crippen molar-refractivity contribution in [3.8, 4) is 0 Å². The molecule has 1 fully saturated rings. The summed E-state index contributed by atoms with van der Waals surface area (Å²) < 4.78 is 0. The van der Waals surface area contributed by atoms with Crippen molar-refractivity contribution in [2.75, 3.05) is 38.1 Å². The van der Waals surface area contributed by atoms with Crippen LogP contribution in [-0.4, -0.2) is 48.2 Å². The van der Waals surface area contributed by atoms with Crippen LogP contribution >= 0.6 is 11.6 Å². The summed E-state index contributed by atoms with van der Waals surface area (Å²) in [5.41, 5.74) is 0.741. The van der Waals surface area contributed by atoms with Gasteiger partial charge in [0, 0.05) is 37.9 Å². The van der Waals surface area contributed by atoms with Gasteiger partial charge in [-0.15, -0.1) is 0 Å². The van der Waals surface area contributed by atoms with Crippen molar-refractivity contribution < 1.29 is 5.11 Å². The molecule has 88 valence electrons. The second-order valence-corrected chi connectivity index (χ2v) is 4.49. The standard InChI is InChI=1S/C11H16ClN3O/c1-14-2-4-15(5-3-14)11-6-9(8-16)10(12)7-13-11/h6-7,16H,2-5,8H2,1H3. The van der Waals surface area contributed by atoms with E-state index in [1.165, 1.54) is 0 Å². The Kier molecular flexibility index (Phi) is 3.63. The first-order valence-corrected chi connectivity index (χ1v) is 5.77. The molecule has 2 heterocycles.